The van der Waals surface area contributed by atoms with E-state index < -0.39 is 0 Å². The van der Waals surface area contributed by atoms with Crippen molar-refractivity contribution >= 4 is 51.7 Å². The van der Waals surface area contributed by atoms with Gasteiger partial charge in [0.25, 0.3) is 11.5 Å². The molecule has 0 aliphatic heterocycles. The quantitative estimate of drug-likeness (QED) is 0.278. The minimum atomic E-state index is -0.219. The third kappa shape index (κ3) is 4.58. The molecule has 5 rings (SSSR count). The molecule has 3 N–H and O–H groups in total. The van der Waals surface area contributed by atoms with Gasteiger partial charge in [0.05, 0.1) is 19.2 Å². The molecule has 0 saturated heterocycles. The molecule has 2 heterocycles. The first-order valence-corrected chi connectivity index (χ1v) is 11.7. The number of rotatable bonds is 6. The number of hydrogen-bond donors (Lipinski definition) is 3. The summed E-state index contributed by atoms with van der Waals surface area (Å²) in [4.78, 5) is 32.1. The van der Waals surface area contributed by atoms with Crippen molar-refractivity contribution in [1.82, 2.24) is 19.9 Å². The first kappa shape index (κ1) is 22.9. The molecule has 0 spiro atoms. The van der Waals surface area contributed by atoms with Gasteiger partial charge < -0.3 is 20.0 Å². The highest BCUT2D eigenvalue weighted by Gasteiger charge is 2.13. The predicted octanol–water partition coefficient (Wildman–Crippen LogP) is 5.18. The van der Waals surface area contributed by atoms with Crippen LogP contribution >= 0.6 is 23.8 Å². The van der Waals surface area contributed by atoms with Gasteiger partial charge in [0, 0.05) is 28.0 Å². The molecule has 0 atom stereocenters. The summed E-state index contributed by atoms with van der Waals surface area (Å²) in [5.74, 6) is 0.509. The lowest BCUT2D eigenvalue weighted by Crippen LogP contribution is -2.23. The second-order valence-corrected chi connectivity index (χ2v) is 8.94. The van der Waals surface area contributed by atoms with Gasteiger partial charge in [-0.05, 0) is 65.8 Å². The van der Waals surface area contributed by atoms with Crippen LogP contribution in [0.3, 0.4) is 0 Å². The first-order valence-electron chi connectivity index (χ1n) is 10.9. The zero-order valence-corrected chi connectivity index (χ0v) is 20.3. The van der Waals surface area contributed by atoms with Crippen molar-refractivity contribution in [3.63, 3.8) is 0 Å². The molecule has 2 aromatic heterocycles. The number of halogens is 1. The van der Waals surface area contributed by atoms with E-state index in [0.29, 0.717) is 38.7 Å². The molecule has 176 valence electrons. The summed E-state index contributed by atoms with van der Waals surface area (Å²) < 4.78 is 7.12. The van der Waals surface area contributed by atoms with Crippen LogP contribution in [0.15, 0.2) is 71.5 Å². The Bertz CT molecular complexity index is 1670. The predicted molar refractivity (Wildman–Crippen MR) is 140 cm³/mol. The molecule has 0 aliphatic rings. The normalized spacial score (nSPS) is 11.1. The van der Waals surface area contributed by atoms with Gasteiger partial charge in [-0.2, -0.15) is 0 Å². The number of nitrogens with zero attached hydrogens (tertiary/aromatic N) is 1. The molecule has 0 radical (unpaired) electrons. The SMILES string of the molecule is COc1ccc2[nH]c3c(=O)n(Cc4ccc(C(=O)NCc5ccc(Cl)cc5)cc4)c(=S)[nH]c3c2c1. The van der Waals surface area contributed by atoms with Crippen molar-refractivity contribution in [2.45, 2.75) is 13.1 Å². The summed E-state index contributed by atoms with van der Waals surface area (Å²) in [5.41, 5.74) is 4.02. The average Bonchev–Trinajstić information content (AvgIpc) is 3.24. The summed E-state index contributed by atoms with van der Waals surface area (Å²) in [6, 6.07) is 20.0. The van der Waals surface area contributed by atoms with Gasteiger partial charge in [-0.3, -0.25) is 14.2 Å². The molecule has 0 saturated carbocycles. The number of H-pyrrole nitrogens is 2. The largest absolute Gasteiger partial charge is 0.497 e. The fraction of sp³-hybridized carbons (Fsp3) is 0.115. The number of aromatic amines is 2. The van der Waals surface area contributed by atoms with Crippen LogP contribution in [0.1, 0.15) is 21.5 Å². The highest BCUT2D eigenvalue weighted by molar-refractivity contribution is 7.71. The lowest BCUT2D eigenvalue weighted by Gasteiger charge is -2.09. The number of methoxy groups -OCH3 is 1. The molecule has 0 bridgehead atoms. The molecule has 5 aromatic rings. The number of nitrogens with one attached hydrogen (secondary N) is 3. The van der Waals surface area contributed by atoms with Crippen LogP contribution in [-0.2, 0) is 13.1 Å². The second kappa shape index (κ2) is 9.40. The number of amides is 1. The first-order chi connectivity index (χ1) is 16.9. The number of carbonyl (C=O) groups is 1. The van der Waals surface area contributed by atoms with Crippen LogP contribution in [0.25, 0.3) is 21.9 Å². The number of aromatic nitrogens is 3. The van der Waals surface area contributed by atoms with Crippen LogP contribution in [0, 0.1) is 4.77 Å². The van der Waals surface area contributed by atoms with Gasteiger partial charge in [-0.15, -0.1) is 0 Å². The molecular weight excluding hydrogens is 484 g/mol. The topological polar surface area (TPSA) is 91.9 Å². The third-order valence-electron chi connectivity index (χ3n) is 5.86. The maximum atomic E-state index is 13.2. The Morgan fingerprint density at radius 1 is 1.00 bits per heavy atom. The Morgan fingerprint density at radius 2 is 1.71 bits per heavy atom. The minimum absolute atomic E-state index is 0.184. The molecule has 0 unspecified atom stereocenters. The fourth-order valence-corrected chi connectivity index (χ4v) is 4.34. The number of carbonyl (C=O) groups excluding carboxylic acids is 1. The van der Waals surface area contributed by atoms with Gasteiger partial charge in [0.1, 0.15) is 11.3 Å². The summed E-state index contributed by atoms with van der Waals surface area (Å²) in [7, 11) is 1.60. The maximum absolute atomic E-state index is 13.2. The van der Waals surface area contributed by atoms with E-state index in [4.69, 9.17) is 28.6 Å². The van der Waals surface area contributed by atoms with E-state index in [1.807, 2.05) is 42.5 Å². The maximum Gasteiger partial charge on any atom is 0.278 e. The van der Waals surface area contributed by atoms with Crippen LogP contribution in [-0.4, -0.2) is 27.6 Å². The monoisotopic (exact) mass is 504 g/mol. The Balaban J connectivity index is 1.36. The van der Waals surface area contributed by atoms with E-state index >= 15 is 0 Å². The second-order valence-electron chi connectivity index (χ2n) is 8.11. The Morgan fingerprint density at radius 3 is 2.43 bits per heavy atom. The molecule has 0 fully saturated rings. The van der Waals surface area contributed by atoms with Crippen molar-refractivity contribution < 1.29 is 9.53 Å². The standard InChI is InChI=1S/C26H21ClN4O3S/c1-34-19-10-11-21-20(12-19)22-23(29-21)25(33)31(26(35)30-22)14-16-2-6-17(7-3-16)24(32)28-13-15-4-8-18(27)9-5-15/h2-12,29H,13-14H2,1H3,(H,28,32)(H,30,35). The van der Waals surface area contributed by atoms with Crippen LogP contribution in [0.2, 0.25) is 5.02 Å². The van der Waals surface area contributed by atoms with Crippen LogP contribution in [0.4, 0.5) is 0 Å². The third-order valence-corrected chi connectivity index (χ3v) is 6.44. The van der Waals surface area contributed by atoms with Gasteiger partial charge in [-0.1, -0.05) is 35.9 Å². The van der Waals surface area contributed by atoms with Crippen LogP contribution in [0.5, 0.6) is 5.75 Å². The summed E-state index contributed by atoms with van der Waals surface area (Å²) in [6.45, 7) is 0.675. The molecule has 9 heteroatoms. The smallest absolute Gasteiger partial charge is 0.278 e. The lowest BCUT2D eigenvalue weighted by molar-refractivity contribution is 0.0951. The van der Waals surface area contributed by atoms with E-state index in [2.05, 4.69) is 15.3 Å². The molecule has 1 amide bonds. The number of hydrogen-bond acceptors (Lipinski definition) is 4. The number of ether oxygens (including phenoxy) is 1. The molecule has 3 aromatic carbocycles. The van der Waals surface area contributed by atoms with E-state index in [1.54, 1.807) is 31.4 Å². The average molecular weight is 505 g/mol. The van der Waals surface area contributed by atoms with Crippen LogP contribution < -0.4 is 15.6 Å². The van der Waals surface area contributed by atoms with Crippen molar-refractivity contribution in [1.29, 1.82) is 0 Å². The van der Waals surface area contributed by atoms with Crippen molar-refractivity contribution in [2.24, 2.45) is 0 Å². The van der Waals surface area contributed by atoms with Gasteiger partial charge in [0.15, 0.2) is 4.77 Å². The number of fused-ring (bicyclic) bond motifs is 3. The van der Waals surface area contributed by atoms with E-state index in [1.165, 1.54) is 4.57 Å². The highest BCUT2D eigenvalue weighted by atomic mass is 35.5. The molecule has 7 nitrogen and oxygen atoms in total. The summed E-state index contributed by atoms with van der Waals surface area (Å²) >= 11 is 11.4. The summed E-state index contributed by atoms with van der Waals surface area (Å²) in [6.07, 6.45) is 0. The Hall–Kier alpha value is -3.88. The molecule has 35 heavy (non-hydrogen) atoms. The van der Waals surface area contributed by atoms with E-state index in [0.717, 1.165) is 22.0 Å². The minimum Gasteiger partial charge on any atom is -0.497 e. The molecule has 0 aliphatic carbocycles. The fourth-order valence-electron chi connectivity index (χ4n) is 3.96. The molecular formula is C26H21ClN4O3S. The number of benzene rings is 3. The zero-order chi connectivity index (χ0) is 24.5. The van der Waals surface area contributed by atoms with Gasteiger partial charge in [0.2, 0.25) is 0 Å². The van der Waals surface area contributed by atoms with Crippen molar-refractivity contribution in [3.8, 4) is 5.75 Å². The Labute approximate surface area is 210 Å². The van der Waals surface area contributed by atoms with E-state index in [9.17, 15) is 9.59 Å². The van der Waals surface area contributed by atoms with Gasteiger partial charge in [-0.25, -0.2) is 0 Å². The van der Waals surface area contributed by atoms with Crippen molar-refractivity contribution in [2.75, 3.05) is 7.11 Å². The van der Waals surface area contributed by atoms with E-state index in [-0.39, 0.29) is 18.0 Å². The Kier molecular flexibility index (Phi) is 6.15. The lowest BCUT2D eigenvalue weighted by atomic mass is 10.1. The van der Waals surface area contributed by atoms with Gasteiger partial charge >= 0.3 is 0 Å². The zero-order valence-electron chi connectivity index (χ0n) is 18.7. The van der Waals surface area contributed by atoms with Crippen molar-refractivity contribution in [3.05, 3.63) is 104 Å². The summed E-state index contributed by atoms with van der Waals surface area (Å²) in [5, 5.41) is 4.38. The highest BCUT2D eigenvalue weighted by Crippen LogP contribution is 2.26.